The number of imidazole rings is 1. The molecule has 1 saturated heterocycles. The van der Waals surface area contributed by atoms with E-state index in [-0.39, 0.29) is 0 Å². The van der Waals surface area contributed by atoms with Crippen LogP contribution >= 0.6 is 12.2 Å². The van der Waals surface area contributed by atoms with Crippen molar-refractivity contribution in [2.75, 3.05) is 19.5 Å². The number of H-pyrrole nitrogens is 1. The number of sulfone groups is 1. The fourth-order valence-corrected chi connectivity index (χ4v) is 3.76. The molecule has 1 N–H and O–H groups in total. The van der Waals surface area contributed by atoms with E-state index in [1.54, 1.807) is 12.1 Å². The molecule has 0 bridgehead atoms. The van der Waals surface area contributed by atoms with Gasteiger partial charge in [0.25, 0.3) is 0 Å². The van der Waals surface area contributed by atoms with Crippen molar-refractivity contribution in [3.8, 4) is 0 Å². The Balaban J connectivity index is 2.14. The number of rotatable bonds is 3. The van der Waals surface area contributed by atoms with Crippen LogP contribution in [0.5, 0.6) is 0 Å². The highest BCUT2D eigenvalue weighted by Gasteiger charge is 2.20. The van der Waals surface area contributed by atoms with E-state index in [0.717, 1.165) is 31.7 Å². The van der Waals surface area contributed by atoms with Crippen molar-refractivity contribution in [2.24, 2.45) is 5.92 Å². The third-order valence-corrected chi connectivity index (χ3v) is 5.10. The third kappa shape index (κ3) is 2.41. The Kier molecular flexibility index (Phi) is 3.43. The van der Waals surface area contributed by atoms with Crippen LogP contribution in [0.2, 0.25) is 0 Å². The molecule has 1 aliphatic rings. The van der Waals surface area contributed by atoms with Crippen LogP contribution in [-0.4, -0.2) is 37.4 Å². The van der Waals surface area contributed by atoms with Gasteiger partial charge in [0.05, 0.1) is 22.5 Å². The highest BCUT2D eigenvalue weighted by Crippen LogP contribution is 2.24. The molecule has 20 heavy (non-hydrogen) atoms. The zero-order chi connectivity index (χ0) is 14.3. The Labute approximate surface area is 122 Å². The van der Waals surface area contributed by atoms with E-state index in [1.165, 1.54) is 6.26 Å². The summed E-state index contributed by atoms with van der Waals surface area (Å²) in [6, 6.07) is 5.25. The summed E-state index contributed by atoms with van der Waals surface area (Å²) in [6.45, 7) is 2.28. The Morgan fingerprint density at radius 2 is 2.30 bits per heavy atom. The lowest BCUT2D eigenvalue weighted by atomic mass is 10.1. The van der Waals surface area contributed by atoms with Gasteiger partial charge in [0.15, 0.2) is 14.6 Å². The maximum atomic E-state index is 11.8. The number of ether oxygens (including phenoxy) is 1. The second kappa shape index (κ2) is 4.98. The molecule has 0 saturated carbocycles. The number of nitrogens with one attached hydrogen (secondary N) is 1. The Bertz CT molecular complexity index is 799. The van der Waals surface area contributed by atoms with Gasteiger partial charge in [-0.2, -0.15) is 0 Å². The van der Waals surface area contributed by atoms with Crippen LogP contribution in [0.15, 0.2) is 23.1 Å². The summed E-state index contributed by atoms with van der Waals surface area (Å²) in [5.41, 5.74) is 1.43. The van der Waals surface area contributed by atoms with Crippen molar-refractivity contribution < 1.29 is 13.2 Å². The molecule has 2 aromatic rings. The Hall–Kier alpha value is -1.18. The average molecular weight is 312 g/mol. The topological polar surface area (TPSA) is 64.1 Å². The van der Waals surface area contributed by atoms with E-state index in [9.17, 15) is 8.42 Å². The van der Waals surface area contributed by atoms with E-state index in [4.69, 9.17) is 17.0 Å². The van der Waals surface area contributed by atoms with Gasteiger partial charge in [-0.1, -0.05) is 6.07 Å². The van der Waals surface area contributed by atoms with Crippen molar-refractivity contribution in [1.29, 1.82) is 0 Å². The van der Waals surface area contributed by atoms with Gasteiger partial charge < -0.3 is 14.3 Å². The van der Waals surface area contributed by atoms with Crippen molar-refractivity contribution in [1.82, 2.24) is 9.55 Å². The van der Waals surface area contributed by atoms with Gasteiger partial charge in [-0.3, -0.25) is 0 Å². The van der Waals surface area contributed by atoms with Crippen molar-refractivity contribution in [2.45, 2.75) is 17.9 Å². The standard InChI is InChI=1S/C13H16N2O3S2/c1-20(16,17)11-4-2-3-10-12(11)14-13(19)15(10)7-9-5-6-18-8-9/h2-4,9H,5-8H2,1H3,(H,14,19). The quantitative estimate of drug-likeness (QED) is 0.882. The van der Waals surface area contributed by atoms with Gasteiger partial charge in [0.2, 0.25) is 0 Å². The monoisotopic (exact) mass is 312 g/mol. The average Bonchev–Trinajstić information content (AvgIpc) is 2.97. The first-order chi connectivity index (χ1) is 9.47. The van der Waals surface area contributed by atoms with Gasteiger partial charge >= 0.3 is 0 Å². The van der Waals surface area contributed by atoms with Crippen LogP contribution in [-0.2, 0) is 21.1 Å². The van der Waals surface area contributed by atoms with Gasteiger partial charge in [0, 0.05) is 25.3 Å². The molecule has 5 nitrogen and oxygen atoms in total. The maximum absolute atomic E-state index is 11.8. The summed E-state index contributed by atoms with van der Waals surface area (Å²) in [5.74, 6) is 0.433. The zero-order valence-electron chi connectivity index (χ0n) is 11.1. The molecule has 108 valence electrons. The Morgan fingerprint density at radius 3 is 2.95 bits per heavy atom. The molecular weight excluding hydrogens is 296 g/mol. The summed E-state index contributed by atoms with van der Waals surface area (Å²) < 4.78 is 31.6. The summed E-state index contributed by atoms with van der Waals surface area (Å²) in [7, 11) is -3.28. The molecule has 0 amide bonds. The lowest BCUT2D eigenvalue weighted by Crippen LogP contribution is -2.10. The van der Waals surface area contributed by atoms with Crippen molar-refractivity contribution in [3.63, 3.8) is 0 Å². The third-order valence-electron chi connectivity index (χ3n) is 3.64. The van der Waals surface area contributed by atoms with Crippen molar-refractivity contribution in [3.05, 3.63) is 23.0 Å². The second-order valence-corrected chi connectivity index (χ2v) is 7.56. The SMILES string of the molecule is CS(=O)(=O)c1cccc2c1[nH]c(=S)n2CC1CCOC1. The fraction of sp³-hybridized carbons (Fsp3) is 0.462. The molecule has 0 aliphatic carbocycles. The normalized spacial score (nSPS) is 19.8. The van der Waals surface area contributed by atoms with Crippen LogP contribution in [0.4, 0.5) is 0 Å². The molecule has 1 atom stereocenters. The van der Waals surface area contributed by atoms with Crippen LogP contribution < -0.4 is 0 Å². The molecular formula is C13H16N2O3S2. The molecule has 1 aromatic carbocycles. The lowest BCUT2D eigenvalue weighted by Gasteiger charge is -2.10. The van der Waals surface area contributed by atoms with Crippen LogP contribution in [0.1, 0.15) is 6.42 Å². The number of aromatic nitrogens is 2. The lowest BCUT2D eigenvalue weighted by molar-refractivity contribution is 0.182. The molecule has 1 unspecified atom stereocenters. The van der Waals surface area contributed by atoms with Gasteiger partial charge in [-0.25, -0.2) is 8.42 Å². The van der Waals surface area contributed by atoms with E-state index in [0.29, 0.717) is 21.1 Å². The maximum Gasteiger partial charge on any atom is 0.178 e. The summed E-state index contributed by atoms with van der Waals surface area (Å²) in [4.78, 5) is 3.33. The minimum atomic E-state index is -3.28. The summed E-state index contributed by atoms with van der Waals surface area (Å²) >= 11 is 5.34. The predicted octanol–water partition coefficient (Wildman–Crippen LogP) is 2.14. The van der Waals surface area contributed by atoms with Crippen LogP contribution in [0, 0.1) is 10.7 Å². The zero-order valence-corrected chi connectivity index (χ0v) is 12.8. The minimum Gasteiger partial charge on any atom is -0.381 e. The van der Waals surface area contributed by atoms with E-state index >= 15 is 0 Å². The number of nitrogens with zero attached hydrogens (tertiary/aromatic N) is 1. The number of para-hydroxylation sites is 1. The Morgan fingerprint density at radius 1 is 1.50 bits per heavy atom. The predicted molar refractivity (Wildman–Crippen MR) is 79.2 cm³/mol. The van der Waals surface area contributed by atoms with Gasteiger partial charge in [-0.15, -0.1) is 0 Å². The van der Waals surface area contributed by atoms with E-state index in [2.05, 4.69) is 4.98 Å². The highest BCUT2D eigenvalue weighted by molar-refractivity contribution is 7.91. The van der Waals surface area contributed by atoms with Crippen LogP contribution in [0.3, 0.4) is 0 Å². The van der Waals surface area contributed by atoms with E-state index in [1.807, 2.05) is 10.6 Å². The molecule has 1 aromatic heterocycles. The number of hydrogen-bond acceptors (Lipinski definition) is 4. The number of hydrogen-bond donors (Lipinski definition) is 1. The summed E-state index contributed by atoms with van der Waals surface area (Å²) in [5, 5.41) is 0. The number of fused-ring (bicyclic) bond motifs is 1. The highest BCUT2D eigenvalue weighted by atomic mass is 32.2. The number of benzene rings is 1. The minimum absolute atomic E-state index is 0.294. The first kappa shape index (κ1) is 13.8. The molecule has 2 heterocycles. The van der Waals surface area contributed by atoms with Crippen molar-refractivity contribution >= 4 is 33.1 Å². The largest absolute Gasteiger partial charge is 0.381 e. The molecule has 0 radical (unpaired) electrons. The molecule has 1 aliphatic heterocycles. The fourth-order valence-electron chi connectivity index (χ4n) is 2.63. The number of aromatic amines is 1. The van der Waals surface area contributed by atoms with Gasteiger partial charge in [0.1, 0.15) is 0 Å². The van der Waals surface area contributed by atoms with Gasteiger partial charge in [-0.05, 0) is 30.8 Å². The van der Waals surface area contributed by atoms with E-state index < -0.39 is 9.84 Å². The molecule has 7 heteroatoms. The first-order valence-electron chi connectivity index (χ1n) is 6.46. The second-order valence-electron chi connectivity index (χ2n) is 5.19. The molecule has 3 rings (SSSR count). The first-order valence-corrected chi connectivity index (χ1v) is 8.76. The molecule has 0 spiro atoms. The summed E-state index contributed by atoms with van der Waals surface area (Å²) in [6.07, 6.45) is 2.22. The van der Waals surface area contributed by atoms with Crippen LogP contribution in [0.25, 0.3) is 11.0 Å². The molecule has 1 fully saturated rings. The smallest absolute Gasteiger partial charge is 0.178 e.